The van der Waals surface area contributed by atoms with Gasteiger partial charge >= 0.3 is 0 Å². The molecular weight excluding hydrogens is 398 g/mol. The van der Waals surface area contributed by atoms with E-state index in [2.05, 4.69) is 0 Å². The zero-order valence-corrected chi connectivity index (χ0v) is 16.3. The predicted octanol–water partition coefficient (Wildman–Crippen LogP) is 1.93. The van der Waals surface area contributed by atoms with Crippen molar-refractivity contribution in [3.8, 4) is 6.07 Å². The number of para-hydroxylation sites is 1. The summed E-state index contributed by atoms with van der Waals surface area (Å²) in [5.41, 5.74) is 4.85. The van der Waals surface area contributed by atoms with E-state index < -0.39 is 22.9 Å². The van der Waals surface area contributed by atoms with Gasteiger partial charge in [0, 0.05) is 23.8 Å². The molecule has 31 heavy (non-hydrogen) atoms. The Kier molecular flexibility index (Phi) is 3.87. The third-order valence-electron chi connectivity index (χ3n) is 5.82. The minimum atomic E-state index is -1.90. The number of nitrogens with two attached hydrogens (primary N) is 1. The molecule has 152 valence electrons. The van der Waals surface area contributed by atoms with Crippen molar-refractivity contribution in [2.24, 2.45) is 5.73 Å². The molecule has 8 heteroatoms. The molecule has 0 saturated heterocycles. The van der Waals surface area contributed by atoms with Gasteiger partial charge < -0.3 is 15.2 Å². The van der Waals surface area contributed by atoms with Crippen LogP contribution in [0.5, 0.6) is 0 Å². The van der Waals surface area contributed by atoms with Gasteiger partial charge in [-0.1, -0.05) is 42.5 Å². The van der Waals surface area contributed by atoms with Crippen molar-refractivity contribution < 1.29 is 23.9 Å². The SMILES string of the molecule is COCN1C(=O)[C@@]2(C(C#N)=C(N)OC3=C2C(=O)c2ccccc2C3=O)c2ccccc21. The number of carbonyl (C=O) groups is 3. The third kappa shape index (κ3) is 2.13. The molecule has 1 aliphatic carbocycles. The Labute approximate surface area is 176 Å². The minimum absolute atomic E-state index is 0.113. The molecule has 3 aliphatic rings. The van der Waals surface area contributed by atoms with Crippen LogP contribution in [-0.4, -0.2) is 31.3 Å². The molecule has 5 rings (SSSR count). The first kappa shape index (κ1) is 18.8. The average molecular weight is 413 g/mol. The number of rotatable bonds is 2. The predicted molar refractivity (Wildman–Crippen MR) is 108 cm³/mol. The number of hydrogen-bond acceptors (Lipinski definition) is 7. The van der Waals surface area contributed by atoms with E-state index in [1.165, 1.54) is 24.1 Å². The van der Waals surface area contributed by atoms with E-state index >= 15 is 0 Å². The molecule has 0 saturated carbocycles. The maximum absolute atomic E-state index is 13.9. The molecule has 2 aliphatic heterocycles. The summed E-state index contributed by atoms with van der Waals surface area (Å²) in [7, 11) is 1.43. The van der Waals surface area contributed by atoms with E-state index in [4.69, 9.17) is 15.2 Å². The number of carbonyl (C=O) groups excluding carboxylic acids is 3. The second-order valence-corrected chi connectivity index (χ2v) is 7.28. The number of hydrogen-bond donors (Lipinski definition) is 1. The number of nitriles is 1. The van der Waals surface area contributed by atoms with Crippen molar-refractivity contribution in [1.29, 1.82) is 5.26 Å². The Hall–Kier alpha value is -4.22. The minimum Gasteiger partial charge on any atom is -0.436 e. The lowest BCUT2D eigenvalue weighted by molar-refractivity contribution is -0.122. The zero-order chi connectivity index (χ0) is 21.9. The average Bonchev–Trinajstić information content (AvgIpc) is 3.01. The number of fused-ring (bicyclic) bond motifs is 4. The quantitative estimate of drug-likeness (QED) is 0.798. The van der Waals surface area contributed by atoms with Gasteiger partial charge in [0.1, 0.15) is 23.8 Å². The Morgan fingerprint density at radius 1 is 1.06 bits per heavy atom. The van der Waals surface area contributed by atoms with E-state index in [1.807, 2.05) is 6.07 Å². The molecule has 0 radical (unpaired) electrons. The first-order valence-corrected chi connectivity index (χ1v) is 9.40. The molecule has 0 unspecified atom stereocenters. The van der Waals surface area contributed by atoms with Crippen molar-refractivity contribution in [3.63, 3.8) is 0 Å². The molecule has 0 aromatic heterocycles. The number of amides is 1. The van der Waals surface area contributed by atoms with Crippen molar-refractivity contribution in [1.82, 2.24) is 0 Å². The van der Waals surface area contributed by atoms with Crippen molar-refractivity contribution in [2.75, 3.05) is 18.7 Å². The van der Waals surface area contributed by atoms with E-state index in [1.54, 1.807) is 36.4 Å². The Morgan fingerprint density at radius 3 is 2.39 bits per heavy atom. The lowest BCUT2D eigenvalue weighted by atomic mass is 9.64. The highest BCUT2D eigenvalue weighted by Crippen LogP contribution is 2.55. The topological polar surface area (TPSA) is 123 Å². The summed E-state index contributed by atoms with van der Waals surface area (Å²) in [5, 5.41) is 10.00. The summed E-state index contributed by atoms with van der Waals surface area (Å²) in [6, 6.07) is 15.0. The van der Waals surface area contributed by atoms with Crippen LogP contribution in [0.1, 0.15) is 26.3 Å². The Morgan fingerprint density at radius 2 is 1.71 bits per heavy atom. The summed E-state index contributed by atoms with van der Waals surface area (Å²) >= 11 is 0. The fourth-order valence-electron chi connectivity index (χ4n) is 4.59. The van der Waals surface area contributed by atoms with Crippen molar-refractivity contribution in [3.05, 3.63) is 88.0 Å². The monoisotopic (exact) mass is 413 g/mol. The lowest BCUT2D eigenvalue weighted by Crippen LogP contribution is -2.50. The van der Waals surface area contributed by atoms with E-state index in [-0.39, 0.29) is 40.6 Å². The highest BCUT2D eigenvalue weighted by Gasteiger charge is 2.63. The van der Waals surface area contributed by atoms with Gasteiger partial charge in [-0.3, -0.25) is 19.3 Å². The molecular formula is C23H15N3O5. The largest absolute Gasteiger partial charge is 0.436 e. The van der Waals surface area contributed by atoms with E-state index in [0.717, 1.165) is 0 Å². The van der Waals surface area contributed by atoms with Crippen LogP contribution in [0.3, 0.4) is 0 Å². The maximum atomic E-state index is 13.9. The van der Waals surface area contributed by atoms with Crippen LogP contribution in [0.25, 0.3) is 0 Å². The summed E-state index contributed by atoms with van der Waals surface area (Å²) in [6.07, 6.45) is 0. The number of allylic oxidation sites excluding steroid dienone is 1. The highest BCUT2D eigenvalue weighted by atomic mass is 16.5. The normalized spacial score (nSPS) is 21.7. The maximum Gasteiger partial charge on any atom is 0.249 e. The molecule has 2 aromatic rings. The standard InChI is InChI=1S/C23H15N3O5/c1-30-11-26-16-9-5-4-8-14(16)23(22(26)29)15(10-24)21(25)31-20-17(23)18(27)12-6-2-3-7-13(12)19(20)28/h2-9H,11,25H2,1H3/t23-/m1/s1. The highest BCUT2D eigenvalue weighted by molar-refractivity contribution is 6.31. The van der Waals surface area contributed by atoms with Crippen LogP contribution < -0.4 is 10.6 Å². The van der Waals surface area contributed by atoms with Crippen LogP contribution in [0.2, 0.25) is 0 Å². The molecule has 2 N–H and O–H groups in total. The van der Waals surface area contributed by atoms with Gasteiger partial charge in [0.05, 0.1) is 11.3 Å². The van der Waals surface area contributed by atoms with Crippen molar-refractivity contribution in [2.45, 2.75) is 5.41 Å². The van der Waals surface area contributed by atoms with Crippen molar-refractivity contribution >= 4 is 23.2 Å². The van der Waals surface area contributed by atoms with Gasteiger partial charge in [0.2, 0.25) is 17.6 Å². The number of methoxy groups -OCH3 is 1. The Balaban J connectivity index is 1.90. The first-order valence-electron chi connectivity index (χ1n) is 9.40. The number of ketones is 2. The zero-order valence-electron chi connectivity index (χ0n) is 16.3. The summed E-state index contributed by atoms with van der Waals surface area (Å²) in [4.78, 5) is 42.2. The Bertz CT molecular complexity index is 1320. The lowest BCUT2D eigenvalue weighted by Gasteiger charge is -2.37. The van der Waals surface area contributed by atoms with Crippen LogP contribution in [-0.2, 0) is 19.7 Å². The van der Waals surface area contributed by atoms with Crippen LogP contribution in [0.15, 0.2) is 71.3 Å². The fraction of sp³-hybridized carbons (Fsp3) is 0.130. The van der Waals surface area contributed by atoms with Gasteiger partial charge in [-0.05, 0) is 6.07 Å². The number of nitrogens with zero attached hydrogens (tertiary/aromatic N) is 2. The summed E-state index contributed by atoms with van der Waals surface area (Å²) in [5.74, 6) is -2.45. The van der Waals surface area contributed by atoms with Gasteiger partial charge in [-0.15, -0.1) is 0 Å². The number of ether oxygens (including phenoxy) is 2. The second kappa shape index (κ2) is 6.39. The van der Waals surface area contributed by atoms with E-state index in [9.17, 15) is 19.6 Å². The number of anilines is 1. The van der Waals surface area contributed by atoms with Crippen LogP contribution in [0, 0.1) is 11.3 Å². The molecule has 1 atom stereocenters. The van der Waals surface area contributed by atoms with Gasteiger partial charge in [-0.25, -0.2) is 0 Å². The molecule has 2 aromatic carbocycles. The second-order valence-electron chi connectivity index (χ2n) is 7.28. The first-order chi connectivity index (χ1) is 15.0. The summed E-state index contributed by atoms with van der Waals surface area (Å²) < 4.78 is 10.7. The molecule has 1 spiro atoms. The molecule has 1 amide bonds. The van der Waals surface area contributed by atoms with Crippen LogP contribution >= 0.6 is 0 Å². The summed E-state index contributed by atoms with van der Waals surface area (Å²) in [6.45, 7) is -0.113. The molecule has 0 bridgehead atoms. The third-order valence-corrected chi connectivity index (χ3v) is 5.82. The van der Waals surface area contributed by atoms with Gasteiger partial charge in [-0.2, -0.15) is 5.26 Å². The molecule has 0 fully saturated rings. The number of Topliss-reactive ketones (excluding diaryl/α,β-unsaturated/α-hetero) is 2. The molecule has 8 nitrogen and oxygen atoms in total. The van der Waals surface area contributed by atoms with E-state index in [0.29, 0.717) is 11.3 Å². The van der Waals surface area contributed by atoms with Gasteiger partial charge in [0.15, 0.2) is 11.5 Å². The van der Waals surface area contributed by atoms with Crippen LogP contribution in [0.4, 0.5) is 5.69 Å². The van der Waals surface area contributed by atoms with Gasteiger partial charge in [0.25, 0.3) is 0 Å². The smallest absolute Gasteiger partial charge is 0.249 e. The molecule has 2 heterocycles. The fourth-order valence-corrected chi connectivity index (χ4v) is 4.59. The number of benzene rings is 2.